The van der Waals surface area contributed by atoms with Gasteiger partial charge in [0.25, 0.3) is 0 Å². The smallest absolute Gasteiger partial charge is 0.0155 e. The van der Waals surface area contributed by atoms with Crippen LogP contribution in [0.3, 0.4) is 0 Å². The van der Waals surface area contributed by atoms with Crippen LogP contribution in [-0.2, 0) is 0 Å². The van der Waals surface area contributed by atoms with E-state index in [2.05, 4.69) is 17.9 Å². The molecule has 0 saturated carbocycles. The van der Waals surface area contributed by atoms with Crippen LogP contribution < -0.4 is 5.32 Å². The Morgan fingerprint density at radius 3 is 2.56 bits per heavy atom. The van der Waals surface area contributed by atoms with Crippen LogP contribution in [0, 0.1) is 0 Å². The molecule has 0 aromatic heterocycles. The van der Waals surface area contributed by atoms with Crippen molar-refractivity contribution in [2.75, 3.05) is 12.3 Å². The van der Waals surface area contributed by atoms with E-state index in [9.17, 15) is 0 Å². The molecule has 0 aromatic rings. The zero-order valence-electron chi connectivity index (χ0n) is 5.47. The van der Waals surface area contributed by atoms with Gasteiger partial charge in [0.1, 0.15) is 0 Å². The van der Waals surface area contributed by atoms with Gasteiger partial charge in [0.15, 0.2) is 0 Å². The highest BCUT2D eigenvalue weighted by Gasteiger charge is 2.08. The Morgan fingerprint density at radius 1 is 1.44 bits per heavy atom. The Hall–Kier alpha value is 0.600. The van der Waals surface area contributed by atoms with E-state index in [0.29, 0.717) is 6.04 Å². The third-order valence-electron chi connectivity index (χ3n) is 1.63. The Balaban J connectivity index is 0.000000640. The normalized spacial score (nSPS) is 27.0. The molecule has 0 bridgehead atoms. The van der Waals surface area contributed by atoms with E-state index in [4.69, 9.17) is 0 Å². The molecule has 1 atom stereocenters. The van der Waals surface area contributed by atoms with Crippen molar-refractivity contribution in [1.29, 1.82) is 0 Å². The van der Waals surface area contributed by atoms with Crippen LogP contribution in [0.4, 0.5) is 0 Å². The average Bonchev–Trinajstić information content (AvgIpc) is 1.90. The first-order valence-electron chi connectivity index (χ1n) is 3.27. The van der Waals surface area contributed by atoms with Gasteiger partial charge in [0, 0.05) is 11.8 Å². The minimum absolute atomic E-state index is 0. The minimum Gasteiger partial charge on any atom is -0.313 e. The number of hydrogen-bond donors (Lipinski definition) is 2. The summed E-state index contributed by atoms with van der Waals surface area (Å²) in [7, 11) is 0. The van der Waals surface area contributed by atoms with Gasteiger partial charge in [-0.3, -0.25) is 0 Å². The molecular formula is C6H14ClNS. The van der Waals surface area contributed by atoms with E-state index in [0.717, 1.165) is 5.75 Å². The van der Waals surface area contributed by atoms with Crippen molar-refractivity contribution in [3.8, 4) is 0 Å². The van der Waals surface area contributed by atoms with Crippen LogP contribution in [0.2, 0.25) is 0 Å². The van der Waals surface area contributed by atoms with E-state index in [1.807, 2.05) is 0 Å². The monoisotopic (exact) mass is 167 g/mol. The van der Waals surface area contributed by atoms with E-state index >= 15 is 0 Å². The lowest BCUT2D eigenvalue weighted by atomic mass is 10.1. The summed E-state index contributed by atoms with van der Waals surface area (Å²) in [5.41, 5.74) is 0. The van der Waals surface area contributed by atoms with Gasteiger partial charge in [-0.05, 0) is 19.4 Å². The van der Waals surface area contributed by atoms with E-state index in [1.54, 1.807) is 0 Å². The molecule has 0 spiro atoms. The molecule has 1 aliphatic heterocycles. The molecule has 56 valence electrons. The predicted molar refractivity (Wildman–Crippen MR) is 46.7 cm³/mol. The Morgan fingerprint density at radius 2 is 2.22 bits per heavy atom. The fourth-order valence-corrected chi connectivity index (χ4v) is 1.39. The van der Waals surface area contributed by atoms with Crippen LogP contribution in [0.5, 0.6) is 0 Å². The SMILES string of the molecule is Cl.SC[C@@H]1CCCCN1. The van der Waals surface area contributed by atoms with Crippen LogP contribution in [0.25, 0.3) is 0 Å². The molecule has 1 aliphatic rings. The molecule has 0 unspecified atom stereocenters. The lowest BCUT2D eigenvalue weighted by Crippen LogP contribution is -2.35. The van der Waals surface area contributed by atoms with Crippen molar-refractivity contribution in [2.24, 2.45) is 0 Å². The van der Waals surface area contributed by atoms with E-state index in [-0.39, 0.29) is 12.4 Å². The number of nitrogens with one attached hydrogen (secondary N) is 1. The first-order valence-corrected chi connectivity index (χ1v) is 3.91. The number of thiol groups is 1. The fourth-order valence-electron chi connectivity index (χ4n) is 1.08. The second-order valence-electron chi connectivity index (χ2n) is 2.33. The Labute approximate surface area is 68.4 Å². The van der Waals surface area contributed by atoms with Crippen LogP contribution in [-0.4, -0.2) is 18.3 Å². The van der Waals surface area contributed by atoms with Gasteiger partial charge in [0.2, 0.25) is 0 Å². The molecule has 1 N–H and O–H groups in total. The largest absolute Gasteiger partial charge is 0.313 e. The quantitative estimate of drug-likeness (QED) is 0.564. The molecule has 3 heteroatoms. The Bertz CT molecular complexity index is 64.1. The van der Waals surface area contributed by atoms with E-state index in [1.165, 1.54) is 25.8 Å². The lowest BCUT2D eigenvalue weighted by molar-refractivity contribution is 0.430. The van der Waals surface area contributed by atoms with Crippen LogP contribution in [0.1, 0.15) is 19.3 Å². The number of piperidine rings is 1. The highest BCUT2D eigenvalue weighted by atomic mass is 35.5. The maximum Gasteiger partial charge on any atom is 0.0155 e. The van der Waals surface area contributed by atoms with Crippen molar-refractivity contribution in [1.82, 2.24) is 5.32 Å². The summed E-state index contributed by atoms with van der Waals surface area (Å²) >= 11 is 4.20. The van der Waals surface area contributed by atoms with Gasteiger partial charge in [-0.2, -0.15) is 12.6 Å². The maximum atomic E-state index is 4.20. The van der Waals surface area contributed by atoms with Crippen LogP contribution >= 0.6 is 25.0 Å². The maximum absolute atomic E-state index is 4.20. The summed E-state index contributed by atoms with van der Waals surface area (Å²) in [6, 6.07) is 0.701. The van der Waals surface area contributed by atoms with Crippen molar-refractivity contribution in [3.63, 3.8) is 0 Å². The number of hydrogen-bond acceptors (Lipinski definition) is 2. The third-order valence-corrected chi connectivity index (χ3v) is 2.07. The second-order valence-corrected chi connectivity index (χ2v) is 2.69. The molecule has 1 heterocycles. The highest BCUT2D eigenvalue weighted by molar-refractivity contribution is 7.80. The predicted octanol–water partition coefficient (Wildman–Crippen LogP) is 1.48. The molecule has 1 fully saturated rings. The summed E-state index contributed by atoms with van der Waals surface area (Å²) in [6.07, 6.45) is 4.06. The fraction of sp³-hybridized carbons (Fsp3) is 1.00. The molecule has 1 saturated heterocycles. The van der Waals surface area contributed by atoms with Gasteiger partial charge in [-0.15, -0.1) is 12.4 Å². The molecule has 0 radical (unpaired) electrons. The lowest BCUT2D eigenvalue weighted by Gasteiger charge is -2.20. The van der Waals surface area contributed by atoms with Crippen molar-refractivity contribution in [3.05, 3.63) is 0 Å². The summed E-state index contributed by atoms with van der Waals surface area (Å²) in [4.78, 5) is 0. The molecule has 0 amide bonds. The topological polar surface area (TPSA) is 12.0 Å². The van der Waals surface area contributed by atoms with Gasteiger partial charge in [-0.1, -0.05) is 6.42 Å². The summed E-state index contributed by atoms with van der Waals surface area (Å²) in [5, 5.41) is 3.39. The molecule has 1 nitrogen and oxygen atoms in total. The molecular weight excluding hydrogens is 154 g/mol. The number of rotatable bonds is 1. The van der Waals surface area contributed by atoms with Crippen molar-refractivity contribution >= 4 is 25.0 Å². The molecule has 9 heavy (non-hydrogen) atoms. The summed E-state index contributed by atoms with van der Waals surface area (Å²) in [6.45, 7) is 1.20. The standard InChI is InChI=1S/C6H13NS.ClH/c8-5-6-3-1-2-4-7-6;/h6-8H,1-5H2;1H/t6-;/m0./s1. The minimum atomic E-state index is 0. The van der Waals surface area contributed by atoms with Gasteiger partial charge >= 0.3 is 0 Å². The highest BCUT2D eigenvalue weighted by Crippen LogP contribution is 2.06. The molecule has 1 rings (SSSR count). The van der Waals surface area contributed by atoms with Crippen molar-refractivity contribution < 1.29 is 0 Å². The number of halogens is 1. The zero-order valence-corrected chi connectivity index (χ0v) is 7.18. The van der Waals surface area contributed by atoms with Gasteiger partial charge in [0.05, 0.1) is 0 Å². The average molecular weight is 168 g/mol. The van der Waals surface area contributed by atoms with Gasteiger partial charge in [-0.25, -0.2) is 0 Å². The summed E-state index contributed by atoms with van der Waals surface area (Å²) in [5.74, 6) is 1.00. The van der Waals surface area contributed by atoms with Crippen LogP contribution in [0.15, 0.2) is 0 Å². The van der Waals surface area contributed by atoms with Gasteiger partial charge < -0.3 is 5.32 Å². The third kappa shape index (κ3) is 3.33. The Kier molecular flexibility index (Phi) is 5.75. The zero-order chi connectivity index (χ0) is 5.82. The molecule has 0 aromatic carbocycles. The van der Waals surface area contributed by atoms with Crippen molar-refractivity contribution in [2.45, 2.75) is 25.3 Å². The second kappa shape index (κ2) is 5.39. The molecule has 0 aliphatic carbocycles. The van der Waals surface area contributed by atoms with E-state index < -0.39 is 0 Å². The first kappa shape index (κ1) is 9.60. The first-order chi connectivity index (χ1) is 3.93. The summed E-state index contributed by atoms with van der Waals surface area (Å²) < 4.78 is 0.